The Morgan fingerprint density at radius 2 is 1.90 bits per heavy atom. The van der Waals surface area contributed by atoms with Gasteiger partial charge in [0.05, 0.1) is 6.61 Å². The summed E-state index contributed by atoms with van der Waals surface area (Å²) in [5.41, 5.74) is -0.181. The van der Waals surface area contributed by atoms with Crippen LogP contribution in [0.5, 0.6) is 0 Å². The van der Waals surface area contributed by atoms with Gasteiger partial charge in [0.15, 0.2) is 0 Å². The fourth-order valence-corrected chi connectivity index (χ4v) is 2.22. The van der Waals surface area contributed by atoms with Crippen molar-refractivity contribution < 1.29 is 13.9 Å². The van der Waals surface area contributed by atoms with E-state index < -0.39 is 5.54 Å². The number of benzene rings is 1. The number of nitrogens with one attached hydrogen (secondary N) is 1. The number of carbonyl (C=O) groups is 1. The van der Waals surface area contributed by atoms with Crippen LogP contribution in [0.2, 0.25) is 0 Å². The van der Waals surface area contributed by atoms with Crippen molar-refractivity contribution in [2.75, 3.05) is 6.61 Å². The SMILES string of the molecule is CCOC(=O)C(CC)(NC(C)CC)c1ccc(F)cc1. The maximum atomic E-state index is 13.1. The van der Waals surface area contributed by atoms with Crippen molar-refractivity contribution in [1.29, 1.82) is 0 Å². The molecule has 1 aromatic carbocycles. The molecular formula is C16H24FNO2. The number of hydrogen-bond donors (Lipinski definition) is 1. The summed E-state index contributed by atoms with van der Waals surface area (Å²) in [6, 6.07) is 6.19. The first-order valence-corrected chi connectivity index (χ1v) is 7.21. The molecule has 0 spiro atoms. The molecule has 1 aromatic rings. The summed E-state index contributed by atoms with van der Waals surface area (Å²) in [6.45, 7) is 8.10. The van der Waals surface area contributed by atoms with Gasteiger partial charge in [-0.05, 0) is 44.4 Å². The fourth-order valence-electron chi connectivity index (χ4n) is 2.22. The summed E-state index contributed by atoms with van der Waals surface area (Å²) in [4.78, 5) is 12.5. The average molecular weight is 281 g/mol. The lowest BCUT2D eigenvalue weighted by atomic mass is 9.86. The Hall–Kier alpha value is -1.42. The van der Waals surface area contributed by atoms with E-state index in [4.69, 9.17) is 4.74 Å². The lowest BCUT2D eigenvalue weighted by molar-refractivity contribution is -0.152. The molecule has 3 nitrogen and oxygen atoms in total. The molecule has 0 saturated carbocycles. The number of ether oxygens (including phenoxy) is 1. The number of hydrogen-bond acceptors (Lipinski definition) is 3. The summed E-state index contributed by atoms with van der Waals surface area (Å²) in [6.07, 6.45) is 1.43. The van der Waals surface area contributed by atoms with Gasteiger partial charge in [0.2, 0.25) is 0 Å². The molecule has 0 fully saturated rings. The van der Waals surface area contributed by atoms with Gasteiger partial charge in [-0.3, -0.25) is 5.32 Å². The predicted octanol–water partition coefficient (Wildman–Crippen LogP) is 3.38. The summed E-state index contributed by atoms with van der Waals surface area (Å²) >= 11 is 0. The molecule has 112 valence electrons. The molecule has 0 aliphatic heterocycles. The Morgan fingerprint density at radius 1 is 1.30 bits per heavy atom. The summed E-state index contributed by atoms with van der Waals surface area (Å²) in [5, 5.41) is 3.35. The van der Waals surface area contributed by atoms with Crippen LogP contribution in [0.25, 0.3) is 0 Å². The Bertz CT molecular complexity index is 433. The normalized spacial score (nSPS) is 15.4. The first kappa shape index (κ1) is 16.6. The van der Waals surface area contributed by atoms with Crippen LogP contribution in [0.1, 0.15) is 46.1 Å². The molecule has 0 aromatic heterocycles. The number of halogens is 1. The molecule has 0 saturated heterocycles. The quantitative estimate of drug-likeness (QED) is 0.779. The van der Waals surface area contributed by atoms with E-state index >= 15 is 0 Å². The molecule has 0 bridgehead atoms. The van der Waals surface area contributed by atoms with Gasteiger partial charge in [-0.25, -0.2) is 9.18 Å². The monoisotopic (exact) mass is 281 g/mol. The van der Waals surface area contributed by atoms with Crippen molar-refractivity contribution in [3.05, 3.63) is 35.6 Å². The largest absolute Gasteiger partial charge is 0.464 e. The molecule has 20 heavy (non-hydrogen) atoms. The van der Waals surface area contributed by atoms with E-state index in [1.165, 1.54) is 12.1 Å². The lowest BCUT2D eigenvalue weighted by Gasteiger charge is -2.34. The molecule has 4 heteroatoms. The minimum Gasteiger partial charge on any atom is -0.464 e. The first-order valence-electron chi connectivity index (χ1n) is 7.21. The van der Waals surface area contributed by atoms with Crippen LogP contribution in [0.3, 0.4) is 0 Å². The van der Waals surface area contributed by atoms with Crippen LogP contribution in [0, 0.1) is 5.82 Å². The molecule has 1 N–H and O–H groups in total. The molecule has 0 heterocycles. The number of carbonyl (C=O) groups excluding carboxylic acids is 1. The van der Waals surface area contributed by atoms with Crippen molar-refractivity contribution in [2.24, 2.45) is 0 Å². The van der Waals surface area contributed by atoms with Gasteiger partial charge in [-0.1, -0.05) is 26.0 Å². The summed E-state index contributed by atoms with van der Waals surface area (Å²) < 4.78 is 18.4. The highest BCUT2D eigenvalue weighted by Crippen LogP contribution is 2.28. The Labute approximate surface area is 120 Å². The van der Waals surface area contributed by atoms with E-state index in [9.17, 15) is 9.18 Å². The van der Waals surface area contributed by atoms with Gasteiger partial charge >= 0.3 is 5.97 Å². The van der Waals surface area contributed by atoms with Crippen LogP contribution < -0.4 is 5.32 Å². The second kappa shape index (κ2) is 7.39. The maximum absolute atomic E-state index is 13.1. The zero-order chi connectivity index (χ0) is 15.2. The highest BCUT2D eigenvalue weighted by atomic mass is 19.1. The van der Waals surface area contributed by atoms with Crippen LogP contribution in [0.4, 0.5) is 4.39 Å². The minimum absolute atomic E-state index is 0.157. The molecule has 0 aliphatic carbocycles. The highest BCUT2D eigenvalue weighted by Gasteiger charge is 2.40. The molecule has 0 aliphatic rings. The molecule has 2 unspecified atom stereocenters. The van der Waals surface area contributed by atoms with Gasteiger partial charge in [0.25, 0.3) is 0 Å². The zero-order valence-corrected chi connectivity index (χ0v) is 12.7. The molecular weight excluding hydrogens is 257 g/mol. The smallest absolute Gasteiger partial charge is 0.330 e. The van der Waals surface area contributed by atoms with Crippen LogP contribution >= 0.6 is 0 Å². The first-order chi connectivity index (χ1) is 9.50. The van der Waals surface area contributed by atoms with Gasteiger partial charge in [0, 0.05) is 6.04 Å². The standard InChI is InChI=1S/C16H24FNO2/c1-5-12(4)18-16(6-2,15(19)20-7-3)13-8-10-14(17)11-9-13/h8-12,18H,5-7H2,1-4H3. The van der Waals surface area contributed by atoms with Crippen LogP contribution in [-0.4, -0.2) is 18.6 Å². The van der Waals surface area contributed by atoms with E-state index in [0.717, 1.165) is 12.0 Å². The second-order valence-electron chi connectivity index (χ2n) is 4.94. The summed E-state index contributed by atoms with van der Waals surface area (Å²) in [7, 11) is 0. The molecule has 0 radical (unpaired) electrons. The number of rotatable bonds is 7. The van der Waals surface area contributed by atoms with E-state index in [-0.39, 0.29) is 17.8 Å². The zero-order valence-electron chi connectivity index (χ0n) is 12.7. The maximum Gasteiger partial charge on any atom is 0.330 e. The molecule has 0 amide bonds. The lowest BCUT2D eigenvalue weighted by Crippen LogP contribution is -2.53. The van der Waals surface area contributed by atoms with E-state index in [1.807, 2.05) is 20.8 Å². The van der Waals surface area contributed by atoms with Crippen LogP contribution in [-0.2, 0) is 15.1 Å². The van der Waals surface area contributed by atoms with Crippen molar-refractivity contribution in [2.45, 2.75) is 52.1 Å². The van der Waals surface area contributed by atoms with Gasteiger partial charge in [0.1, 0.15) is 11.4 Å². The summed E-state index contributed by atoms with van der Waals surface area (Å²) in [5.74, 6) is -0.624. The van der Waals surface area contributed by atoms with E-state index in [2.05, 4.69) is 5.32 Å². The van der Waals surface area contributed by atoms with Crippen LogP contribution in [0.15, 0.2) is 24.3 Å². The van der Waals surface area contributed by atoms with Crippen molar-refractivity contribution in [1.82, 2.24) is 5.32 Å². The van der Waals surface area contributed by atoms with Crippen molar-refractivity contribution in [3.63, 3.8) is 0 Å². The Balaban J connectivity index is 3.22. The average Bonchev–Trinajstić information content (AvgIpc) is 2.45. The third-order valence-corrected chi connectivity index (χ3v) is 3.60. The Kier molecular flexibility index (Phi) is 6.14. The number of esters is 1. The van der Waals surface area contributed by atoms with Crippen molar-refractivity contribution in [3.8, 4) is 0 Å². The van der Waals surface area contributed by atoms with E-state index in [1.54, 1.807) is 19.1 Å². The van der Waals surface area contributed by atoms with Crippen molar-refractivity contribution >= 4 is 5.97 Å². The molecule has 2 atom stereocenters. The topological polar surface area (TPSA) is 38.3 Å². The van der Waals surface area contributed by atoms with Gasteiger partial charge in [-0.15, -0.1) is 0 Å². The fraction of sp³-hybridized carbons (Fsp3) is 0.562. The van der Waals surface area contributed by atoms with Gasteiger partial charge < -0.3 is 4.74 Å². The minimum atomic E-state index is -0.918. The van der Waals surface area contributed by atoms with Gasteiger partial charge in [-0.2, -0.15) is 0 Å². The van der Waals surface area contributed by atoms with E-state index in [0.29, 0.717) is 13.0 Å². The second-order valence-corrected chi connectivity index (χ2v) is 4.94. The third-order valence-electron chi connectivity index (χ3n) is 3.60. The predicted molar refractivity (Wildman–Crippen MR) is 77.9 cm³/mol. The molecule has 1 rings (SSSR count). The highest BCUT2D eigenvalue weighted by molar-refractivity contribution is 5.82. The Morgan fingerprint density at radius 3 is 2.35 bits per heavy atom. The third kappa shape index (κ3) is 3.57.